The molecule has 8 heteroatoms. The molecule has 1 saturated heterocycles. The van der Waals surface area contributed by atoms with Gasteiger partial charge in [-0.15, -0.1) is 0 Å². The molecule has 3 heterocycles. The van der Waals surface area contributed by atoms with Crippen molar-refractivity contribution in [3.63, 3.8) is 0 Å². The van der Waals surface area contributed by atoms with Crippen molar-refractivity contribution < 1.29 is 18.7 Å². The van der Waals surface area contributed by atoms with Gasteiger partial charge in [-0.2, -0.15) is 0 Å². The molecule has 0 N–H and O–H groups in total. The first kappa shape index (κ1) is 27.6. The Balaban J connectivity index is 1.72. The Hall–Kier alpha value is -3.42. The van der Waals surface area contributed by atoms with E-state index in [0.717, 1.165) is 34.9 Å². The molecule has 1 aliphatic rings. The average Bonchev–Trinajstić information content (AvgIpc) is 3.38. The summed E-state index contributed by atoms with van der Waals surface area (Å²) < 4.78 is 21.9. The number of carbonyl (C=O) groups excluding carboxylic acids is 2. The lowest BCUT2D eigenvalue weighted by molar-refractivity contribution is 0.0233. The maximum atomic E-state index is 14.3. The van der Waals surface area contributed by atoms with Crippen LogP contribution in [0.2, 0.25) is 0 Å². The third-order valence-corrected chi connectivity index (χ3v) is 7.32. The number of likely N-dealkylation sites (tertiary alicyclic amines) is 1. The molecule has 204 valence electrons. The highest BCUT2D eigenvalue weighted by atomic mass is 19.1. The van der Waals surface area contributed by atoms with Crippen LogP contribution in [0, 0.1) is 18.7 Å². The van der Waals surface area contributed by atoms with Crippen LogP contribution < -0.4 is 0 Å². The van der Waals surface area contributed by atoms with E-state index in [4.69, 9.17) is 4.74 Å². The minimum atomic E-state index is -0.541. The van der Waals surface area contributed by atoms with Crippen molar-refractivity contribution in [3.05, 3.63) is 59.3 Å². The zero-order chi connectivity index (χ0) is 27.9. The first-order chi connectivity index (χ1) is 17.8. The van der Waals surface area contributed by atoms with Gasteiger partial charge in [0.25, 0.3) is 5.91 Å². The smallest absolute Gasteiger partial charge is 0.410 e. The first-order valence-electron chi connectivity index (χ1n) is 13.3. The van der Waals surface area contributed by atoms with E-state index < -0.39 is 11.4 Å². The topological polar surface area (TPSA) is 67.7 Å². The number of carbonyl (C=O) groups is 2. The molecule has 3 aromatic rings. The van der Waals surface area contributed by atoms with Gasteiger partial charge >= 0.3 is 6.09 Å². The number of fused-ring (bicyclic) bond motifs is 1. The molecule has 4 rings (SSSR count). The Morgan fingerprint density at radius 1 is 1.24 bits per heavy atom. The summed E-state index contributed by atoms with van der Waals surface area (Å²) in [5.41, 5.74) is 3.38. The van der Waals surface area contributed by atoms with Crippen LogP contribution in [-0.4, -0.2) is 62.6 Å². The summed E-state index contributed by atoms with van der Waals surface area (Å²) in [6.07, 6.45) is 7.02. The van der Waals surface area contributed by atoms with Gasteiger partial charge in [-0.05, 0) is 96.6 Å². The molecule has 1 fully saturated rings. The second-order valence-electron chi connectivity index (χ2n) is 11.8. The predicted molar refractivity (Wildman–Crippen MR) is 147 cm³/mol. The van der Waals surface area contributed by atoms with E-state index in [1.165, 1.54) is 12.1 Å². The van der Waals surface area contributed by atoms with E-state index in [9.17, 15) is 14.0 Å². The molecule has 0 spiro atoms. The number of pyridine rings is 1. The molecule has 0 aliphatic carbocycles. The van der Waals surface area contributed by atoms with Crippen molar-refractivity contribution >= 4 is 22.9 Å². The molecule has 0 radical (unpaired) electrons. The fourth-order valence-electron chi connectivity index (χ4n) is 5.29. The summed E-state index contributed by atoms with van der Waals surface area (Å²) in [6.45, 7) is 14.2. The lowest BCUT2D eigenvalue weighted by Crippen LogP contribution is -2.38. The minimum absolute atomic E-state index is 0.0308. The number of halogens is 1. The standard InChI is InChI=1S/C30H39FN4O3/c1-18(2)33(8)28(36)24-13-23(31)9-10-25(24)35-17-22(27-19(3)14-32-15-26(27)35)12-21-11-20(4)34(16-21)29(37)38-30(5,6)7/h9-10,13-15,17-18,20-21H,11-12,16H2,1-8H3/t20-,21-/m1/s1. The van der Waals surface area contributed by atoms with Gasteiger partial charge in [0.15, 0.2) is 0 Å². The van der Waals surface area contributed by atoms with E-state index in [1.807, 2.05) is 63.4 Å². The van der Waals surface area contributed by atoms with Gasteiger partial charge in [-0.3, -0.25) is 9.78 Å². The quantitative estimate of drug-likeness (QED) is 0.404. The molecule has 2 aromatic heterocycles. The van der Waals surface area contributed by atoms with Gasteiger partial charge in [-0.1, -0.05) is 0 Å². The van der Waals surface area contributed by atoms with Gasteiger partial charge in [0.05, 0.1) is 23.0 Å². The molecule has 1 aliphatic heterocycles. The maximum Gasteiger partial charge on any atom is 0.410 e. The van der Waals surface area contributed by atoms with Crippen molar-refractivity contribution in [2.24, 2.45) is 5.92 Å². The Morgan fingerprint density at radius 2 is 1.95 bits per heavy atom. The van der Waals surface area contributed by atoms with E-state index >= 15 is 0 Å². The van der Waals surface area contributed by atoms with Crippen molar-refractivity contribution in [2.75, 3.05) is 13.6 Å². The summed E-state index contributed by atoms with van der Waals surface area (Å²) in [6, 6.07) is 4.40. The second kappa shape index (κ2) is 10.4. The van der Waals surface area contributed by atoms with Gasteiger partial charge in [0.2, 0.25) is 0 Å². The van der Waals surface area contributed by atoms with Crippen molar-refractivity contribution in [2.45, 2.75) is 79.0 Å². The zero-order valence-electron chi connectivity index (χ0n) is 23.7. The Kier molecular flexibility index (Phi) is 7.55. The zero-order valence-corrected chi connectivity index (χ0v) is 23.7. The molecule has 2 amide bonds. The Labute approximate surface area is 224 Å². The number of ether oxygens (including phenoxy) is 1. The molecular weight excluding hydrogens is 483 g/mol. The van der Waals surface area contributed by atoms with Crippen LogP contribution in [0.1, 0.15) is 69.4 Å². The Morgan fingerprint density at radius 3 is 2.61 bits per heavy atom. The highest BCUT2D eigenvalue weighted by Crippen LogP contribution is 2.34. The number of nitrogens with zero attached hydrogens (tertiary/aromatic N) is 4. The molecule has 0 saturated carbocycles. The van der Waals surface area contributed by atoms with Crippen LogP contribution in [0.25, 0.3) is 16.6 Å². The first-order valence-corrected chi connectivity index (χ1v) is 13.3. The number of hydrogen-bond donors (Lipinski definition) is 0. The number of aromatic nitrogens is 2. The fraction of sp³-hybridized carbons (Fsp3) is 0.500. The highest BCUT2D eigenvalue weighted by Gasteiger charge is 2.35. The predicted octanol–water partition coefficient (Wildman–Crippen LogP) is 6.14. The maximum absolute atomic E-state index is 14.3. The van der Waals surface area contributed by atoms with E-state index in [1.54, 1.807) is 24.2 Å². The Bertz CT molecular complexity index is 1360. The fourth-order valence-corrected chi connectivity index (χ4v) is 5.29. The van der Waals surface area contributed by atoms with Crippen molar-refractivity contribution in [3.8, 4) is 5.69 Å². The van der Waals surface area contributed by atoms with Gasteiger partial charge in [0, 0.05) is 43.5 Å². The number of aryl methyl sites for hydroxylation is 1. The van der Waals surface area contributed by atoms with Crippen LogP contribution >= 0.6 is 0 Å². The average molecular weight is 523 g/mol. The summed E-state index contributed by atoms with van der Waals surface area (Å²) in [5.74, 6) is -0.441. The van der Waals surface area contributed by atoms with Gasteiger partial charge in [0.1, 0.15) is 11.4 Å². The van der Waals surface area contributed by atoms with Gasteiger partial charge in [-0.25, -0.2) is 9.18 Å². The van der Waals surface area contributed by atoms with E-state index in [-0.39, 0.29) is 30.0 Å². The van der Waals surface area contributed by atoms with Crippen LogP contribution in [0.3, 0.4) is 0 Å². The van der Waals surface area contributed by atoms with Gasteiger partial charge < -0.3 is 19.1 Å². The van der Waals surface area contributed by atoms with Crippen molar-refractivity contribution in [1.82, 2.24) is 19.4 Å². The SMILES string of the molecule is Cc1cncc2c1c(C[C@H]1C[C@@H](C)N(C(=O)OC(C)(C)C)C1)cn2-c1ccc(F)cc1C(=O)N(C)C(C)C. The number of amides is 2. The third-order valence-electron chi connectivity index (χ3n) is 7.32. The summed E-state index contributed by atoms with van der Waals surface area (Å²) in [7, 11) is 1.73. The second-order valence-corrected chi connectivity index (χ2v) is 11.8. The van der Waals surface area contributed by atoms with Crippen LogP contribution in [0.4, 0.5) is 9.18 Å². The molecule has 1 aromatic carbocycles. The number of hydrogen-bond acceptors (Lipinski definition) is 4. The minimum Gasteiger partial charge on any atom is -0.444 e. The molecule has 0 bridgehead atoms. The molecule has 7 nitrogen and oxygen atoms in total. The lowest BCUT2D eigenvalue weighted by Gasteiger charge is -2.27. The molecule has 2 atom stereocenters. The van der Waals surface area contributed by atoms with Crippen LogP contribution in [0.15, 0.2) is 36.8 Å². The highest BCUT2D eigenvalue weighted by molar-refractivity contribution is 5.99. The molecule has 0 unspecified atom stereocenters. The summed E-state index contributed by atoms with van der Waals surface area (Å²) in [5, 5.41) is 1.07. The molecular formula is C30H39FN4O3. The monoisotopic (exact) mass is 522 g/mol. The number of benzene rings is 1. The molecule has 38 heavy (non-hydrogen) atoms. The summed E-state index contributed by atoms with van der Waals surface area (Å²) >= 11 is 0. The van der Waals surface area contributed by atoms with Crippen LogP contribution in [-0.2, 0) is 11.2 Å². The normalized spacial score (nSPS) is 17.9. The lowest BCUT2D eigenvalue weighted by atomic mass is 9.96. The largest absolute Gasteiger partial charge is 0.444 e. The third kappa shape index (κ3) is 5.54. The van der Waals surface area contributed by atoms with Crippen LogP contribution in [0.5, 0.6) is 0 Å². The van der Waals surface area contributed by atoms with Crippen molar-refractivity contribution in [1.29, 1.82) is 0 Å². The van der Waals surface area contributed by atoms with E-state index in [2.05, 4.69) is 11.9 Å². The number of rotatable bonds is 5. The van der Waals surface area contributed by atoms with E-state index in [0.29, 0.717) is 17.8 Å². The summed E-state index contributed by atoms with van der Waals surface area (Å²) in [4.78, 5) is 34.0.